The lowest BCUT2D eigenvalue weighted by Gasteiger charge is -2.22. The van der Waals surface area contributed by atoms with E-state index in [-0.39, 0.29) is 11.9 Å². The Kier molecular flexibility index (Phi) is 5.22. The van der Waals surface area contributed by atoms with E-state index in [1.165, 1.54) is 0 Å². The van der Waals surface area contributed by atoms with Crippen molar-refractivity contribution in [3.8, 4) is 0 Å². The van der Waals surface area contributed by atoms with Gasteiger partial charge in [0, 0.05) is 12.6 Å². The molecule has 0 saturated carbocycles. The van der Waals surface area contributed by atoms with Crippen LogP contribution in [0, 0.1) is 0 Å². The fraction of sp³-hybridized carbons (Fsp3) is 0.917. The largest absolute Gasteiger partial charge is 0.329 e. The zero-order chi connectivity index (χ0) is 12.1. The van der Waals surface area contributed by atoms with Crippen LogP contribution in [0.25, 0.3) is 0 Å². The summed E-state index contributed by atoms with van der Waals surface area (Å²) in [7, 11) is 2.13. The van der Waals surface area contributed by atoms with Gasteiger partial charge in [-0.2, -0.15) is 0 Å². The second kappa shape index (κ2) is 6.21. The molecule has 1 aliphatic rings. The molecule has 1 amide bonds. The van der Waals surface area contributed by atoms with Gasteiger partial charge in [0.1, 0.15) is 0 Å². The molecule has 1 N–H and O–H groups in total. The highest BCUT2D eigenvalue weighted by Crippen LogP contribution is 2.07. The predicted molar refractivity (Wildman–Crippen MR) is 66.2 cm³/mol. The van der Waals surface area contributed by atoms with Crippen LogP contribution in [0.15, 0.2) is 0 Å². The Morgan fingerprint density at radius 1 is 1.56 bits per heavy atom. The fourth-order valence-corrected chi connectivity index (χ4v) is 1.88. The molecule has 1 rings (SSSR count). The molecular formula is C12H25N3O. The van der Waals surface area contributed by atoms with Crippen LogP contribution < -0.4 is 5.32 Å². The van der Waals surface area contributed by atoms with E-state index in [2.05, 4.69) is 31.1 Å². The zero-order valence-corrected chi connectivity index (χ0v) is 11.0. The van der Waals surface area contributed by atoms with Crippen LogP contribution in [-0.2, 0) is 4.79 Å². The van der Waals surface area contributed by atoms with E-state index < -0.39 is 0 Å². The van der Waals surface area contributed by atoms with Crippen molar-refractivity contribution in [1.29, 1.82) is 0 Å². The van der Waals surface area contributed by atoms with Crippen molar-refractivity contribution in [2.75, 3.05) is 26.8 Å². The molecule has 0 spiro atoms. The number of hydrogen-bond acceptors (Lipinski definition) is 3. The SMILES string of the molecule is CCC1NCN(CCCN(C)C(C)C)C1=O. The van der Waals surface area contributed by atoms with Crippen LogP contribution in [0.4, 0.5) is 0 Å². The fourth-order valence-electron chi connectivity index (χ4n) is 1.88. The number of hydrogen-bond donors (Lipinski definition) is 1. The van der Waals surface area contributed by atoms with E-state index >= 15 is 0 Å². The molecule has 1 fully saturated rings. The topological polar surface area (TPSA) is 35.6 Å². The van der Waals surface area contributed by atoms with Crippen LogP contribution in [0.2, 0.25) is 0 Å². The molecule has 4 heteroatoms. The van der Waals surface area contributed by atoms with Crippen LogP contribution in [0.1, 0.15) is 33.6 Å². The Bertz CT molecular complexity index is 230. The predicted octanol–water partition coefficient (Wildman–Crippen LogP) is 0.885. The molecule has 16 heavy (non-hydrogen) atoms. The average Bonchev–Trinajstić information content (AvgIpc) is 2.59. The molecule has 1 aliphatic heterocycles. The van der Waals surface area contributed by atoms with Crippen LogP contribution in [0.3, 0.4) is 0 Å². The number of nitrogens with zero attached hydrogens (tertiary/aromatic N) is 2. The first-order valence-corrected chi connectivity index (χ1v) is 6.28. The molecule has 1 heterocycles. The van der Waals surface area contributed by atoms with Crippen molar-refractivity contribution in [3.05, 3.63) is 0 Å². The standard InChI is InChI=1S/C12H25N3O/c1-5-11-12(16)15(9-13-11)8-6-7-14(4)10(2)3/h10-11,13H,5-9H2,1-4H3. The summed E-state index contributed by atoms with van der Waals surface area (Å²) in [4.78, 5) is 16.0. The van der Waals surface area contributed by atoms with E-state index in [0.717, 1.165) is 32.6 Å². The zero-order valence-electron chi connectivity index (χ0n) is 11.0. The lowest BCUT2D eigenvalue weighted by molar-refractivity contribution is -0.129. The van der Waals surface area contributed by atoms with Gasteiger partial charge in [-0.3, -0.25) is 10.1 Å². The maximum absolute atomic E-state index is 11.8. The Hall–Kier alpha value is -0.610. The van der Waals surface area contributed by atoms with Gasteiger partial charge in [0.25, 0.3) is 0 Å². The summed E-state index contributed by atoms with van der Waals surface area (Å²) in [6, 6.07) is 0.638. The Morgan fingerprint density at radius 2 is 2.25 bits per heavy atom. The van der Waals surface area contributed by atoms with Gasteiger partial charge in [-0.15, -0.1) is 0 Å². The summed E-state index contributed by atoms with van der Waals surface area (Å²) < 4.78 is 0. The summed E-state index contributed by atoms with van der Waals surface area (Å²) in [6.45, 7) is 9.08. The normalized spacial score (nSPS) is 21.5. The monoisotopic (exact) mass is 227 g/mol. The maximum atomic E-state index is 11.8. The van der Waals surface area contributed by atoms with Gasteiger partial charge in [-0.1, -0.05) is 6.92 Å². The van der Waals surface area contributed by atoms with Crippen molar-refractivity contribution < 1.29 is 4.79 Å². The first-order chi connectivity index (χ1) is 7.56. The molecule has 0 aromatic carbocycles. The van der Waals surface area contributed by atoms with E-state index in [1.54, 1.807) is 0 Å². The number of carbonyl (C=O) groups excluding carboxylic acids is 1. The van der Waals surface area contributed by atoms with Crippen molar-refractivity contribution in [2.45, 2.75) is 45.7 Å². The minimum Gasteiger partial charge on any atom is -0.329 e. The van der Waals surface area contributed by atoms with Gasteiger partial charge < -0.3 is 9.80 Å². The molecule has 1 atom stereocenters. The van der Waals surface area contributed by atoms with Gasteiger partial charge in [0.05, 0.1) is 12.7 Å². The van der Waals surface area contributed by atoms with Crippen LogP contribution in [0.5, 0.6) is 0 Å². The molecule has 0 radical (unpaired) electrons. The van der Waals surface area contributed by atoms with Gasteiger partial charge in [0.2, 0.25) is 5.91 Å². The molecule has 0 aromatic rings. The molecule has 0 aliphatic carbocycles. The Morgan fingerprint density at radius 3 is 2.75 bits per heavy atom. The molecular weight excluding hydrogens is 202 g/mol. The third kappa shape index (κ3) is 3.46. The summed E-state index contributed by atoms with van der Waals surface area (Å²) in [5, 5.41) is 3.23. The van der Waals surface area contributed by atoms with Gasteiger partial charge in [-0.05, 0) is 40.3 Å². The summed E-state index contributed by atoms with van der Waals surface area (Å²) in [5.41, 5.74) is 0. The van der Waals surface area contributed by atoms with Crippen molar-refractivity contribution in [2.24, 2.45) is 0 Å². The maximum Gasteiger partial charge on any atom is 0.240 e. The average molecular weight is 227 g/mol. The lowest BCUT2D eigenvalue weighted by Crippen LogP contribution is -2.33. The van der Waals surface area contributed by atoms with Crippen molar-refractivity contribution in [3.63, 3.8) is 0 Å². The Balaban J connectivity index is 2.22. The highest BCUT2D eigenvalue weighted by atomic mass is 16.2. The van der Waals surface area contributed by atoms with E-state index in [1.807, 2.05) is 11.8 Å². The van der Waals surface area contributed by atoms with Gasteiger partial charge >= 0.3 is 0 Å². The number of nitrogens with one attached hydrogen (secondary N) is 1. The minimum absolute atomic E-state index is 0.0582. The summed E-state index contributed by atoms with van der Waals surface area (Å²) in [6.07, 6.45) is 1.94. The molecule has 0 aromatic heterocycles. The molecule has 1 unspecified atom stereocenters. The summed E-state index contributed by atoms with van der Waals surface area (Å²) >= 11 is 0. The third-order valence-electron chi connectivity index (χ3n) is 3.37. The minimum atomic E-state index is 0.0582. The highest BCUT2D eigenvalue weighted by molar-refractivity contribution is 5.83. The van der Waals surface area contributed by atoms with Crippen molar-refractivity contribution in [1.82, 2.24) is 15.1 Å². The molecule has 4 nitrogen and oxygen atoms in total. The van der Waals surface area contributed by atoms with E-state index in [4.69, 9.17) is 0 Å². The molecule has 1 saturated heterocycles. The molecule has 0 bridgehead atoms. The number of carbonyl (C=O) groups is 1. The molecule has 94 valence electrons. The van der Waals surface area contributed by atoms with Crippen molar-refractivity contribution >= 4 is 5.91 Å². The quantitative estimate of drug-likeness (QED) is 0.732. The first-order valence-electron chi connectivity index (χ1n) is 6.28. The smallest absolute Gasteiger partial charge is 0.240 e. The van der Waals surface area contributed by atoms with E-state index in [0.29, 0.717) is 6.04 Å². The summed E-state index contributed by atoms with van der Waals surface area (Å²) in [5.74, 6) is 0.273. The van der Waals surface area contributed by atoms with E-state index in [9.17, 15) is 4.79 Å². The first kappa shape index (κ1) is 13.5. The van der Waals surface area contributed by atoms with Gasteiger partial charge in [0.15, 0.2) is 0 Å². The third-order valence-corrected chi connectivity index (χ3v) is 3.37. The Labute approximate surface area is 99.0 Å². The van der Waals surface area contributed by atoms with Gasteiger partial charge in [-0.25, -0.2) is 0 Å². The number of rotatable bonds is 6. The van der Waals surface area contributed by atoms with Crippen LogP contribution >= 0.6 is 0 Å². The number of amides is 1. The van der Waals surface area contributed by atoms with Crippen LogP contribution in [-0.4, -0.2) is 54.6 Å². The highest BCUT2D eigenvalue weighted by Gasteiger charge is 2.28. The second-order valence-corrected chi connectivity index (χ2v) is 4.85. The lowest BCUT2D eigenvalue weighted by atomic mass is 10.2. The second-order valence-electron chi connectivity index (χ2n) is 4.85.